The molecule has 0 unspecified atom stereocenters. The summed E-state index contributed by atoms with van der Waals surface area (Å²) >= 11 is 3.76. The van der Waals surface area contributed by atoms with Gasteiger partial charge in [0, 0.05) is 12.8 Å². The average molecular weight is 398 g/mol. The van der Waals surface area contributed by atoms with E-state index < -0.39 is 5.79 Å². The Morgan fingerprint density at radius 2 is 2.08 bits per heavy atom. The van der Waals surface area contributed by atoms with Gasteiger partial charge < -0.3 is 18.9 Å². The Kier molecular flexibility index (Phi) is 7.53. The molecule has 4 atom stereocenters. The number of benzene rings is 1. The van der Waals surface area contributed by atoms with Crippen LogP contribution >= 0.6 is 21.3 Å². The fourth-order valence-corrected chi connectivity index (χ4v) is 4.03. The molecule has 7 heteroatoms. The van der Waals surface area contributed by atoms with E-state index in [-0.39, 0.29) is 24.4 Å². The summed E-state index contributed by atoms with van der Waals surface area (Å²) in [6, 6.07) is 10.2. The molecule has 2 aliphatic heterocycles. The highest BCUT2D eigenvalue weighted by Gasteiger charge is 2.40. The third-order valence-electron chi connectivity index (χ3n) is 4.64. The van der Waals surface area contributed by atoms with E-state index in [0.717, 1.165) is 27.7 Å². The first-order valence-corrected chi connectivity index (χ1v) is 10.3. The van der Waals surface area contributed by atoms with Gasteiger partial charge in [0.2, 0.25) is 0 Å². The van der Waals surface area contributed by atoms with Gasteiger partial charge in [0.1, 0.15) is 0 Å². The van der Waals surface area contributed by atoms with Crippen molar-refractivity contribution in [3.05, 3.63) is 35.9 Å². The largest absolute Gasteiger partial charge is 0.372 e. The van der Waals surface area contributed by atoms with Gasteiger partial charge in [-0.25, -0.2) is 0 Å². The number of thiol groups is 1. The Balaban J connectivity index is 1.57. The van der Waals surface area contributed by atoms with Crippen molar-refractivity contribution in [1.82, 2.24) is 0 Å². The molecular weight excluding hydrogens is 371 g/mol. The maximum absolute atomic E-state index is 6.26. The Bertz CT molecular complexity index is 583. The third-order valence-corrected chi connectivity index (χ3v) is 5.37. The molecule has 144 valence electrons. The van der Waals surface area contributed by atoms with Gasteiger partial charge in [-0.1, -0.05) is 30.3 Å². The normalized spacial score (nSPS) is 31.0. The highest BCUT2D eigenvalue weighted by molar-refractivity contribution is 7.78. The van der Waals surface area contributed by atoms with Gasteiger partial charge in [-0.05, 0) is 44.5 Å². The zero-order chi connectivity index (χ0) is 18.4. The van der Waals surface area contributed by atoms with Crippen molar-refractivity contribution < 1.29 is 22.9 Å². The maximum Gasteiger partial charge on any atom is 0.163 e. The lowest BCUT2D eigenvalue weighted by Crippen LogP contribution is -2.30. The van der Waals surface area contributed by atoms with Crippen LogP contribution in [0.3, 0.4) is 0 Å². The van der Waals surface area contributed by atoms with Crippen LogP contribution in [0.25, 0.3) is 0 Å². The molecule has 0 saturated carbocycles. The molecule has 0 radical (unpaired) electrons. The molecule has 2 heterocycles. The Morgan fingerprint density at radius 3 is 2.77 bits per heavy atom. The van der Waals surface area contributed by atoms with Crippen LogP contribution in [0.1, 0.15) is 38.7 Å². The van der Waals surface area contributed by atoms with E-state index in [4.69, 9.17) is 22.9 Å². The minimum atomic E-state index is -0.514. The number of rotatable bonds is 8. The molecule has 0 bridgehead atoms. The summed E-state index contributed by atoms with van der Waals surface area (Å²) in [6.07, 6.45) is 2.69. The first-order valence-electron chi connectivity index (χ1n) is 9.01. The van der Waals surface area contributed by atoms with Crippen molar-refractivity contribution in [2.24, 2.45) is 0 Å². The van der Waals surface area contributed by atoms with Gasteiger partial charge in [-0.3, -0.25) is 3.97 Å². The Hall–Kier alpha value is -0.460. The van der Waals surface area contributed by atoms with Crippen molar-refractivity contribution in [3.8, 4) is 0 Å². The number of hydrogen-bond acceptors (Lipinski definition) is 6. The van der Waals surface area contributed by atoms with Gasteiger partial charge in [-0.15, -0.1) is 0 Å². The summed E-state index contributed by atoms with van der Waals surface area (Å²) in [5.41, 5.74) is 1.17. The van der Waals surface area contributed by atoms with Crippen LogP contribution in [-0.2, 0) is 29.5 Å². The van der Waals surface area contributed by atoms with E-state index >= 15 is 0 Å². The minimum absolute atomic E-state index is 0.00759. The zero-order valence-corrected chi connectivity index (χ0v) is 17.0. The van der Waals surface area contributed by atoms with E-state index in [2.05, 4.69) is 25.0 Å². The summed E-state index contributed by atoms with van der Waals surface area (Å²) in [5, 5.41) is 0. The second-order valence-electron chi connectivity index (χ2n) is 7.16. The molecule has 0 aromatic heterocycles. The summed E-state index contributed by atoms with van der Waals surface area (Å²) < 4.78 is 28.9. The molecule has 2 saturated heterocycles. The predicted molar refractivity (Wildman–Crippen MR) is 105 cm³/mol. The van der Waals surface area contributed by atoms with Gasteiger partial charge in [-0.2, -0.15) is 0 Å². The summed E-state index contributed by atoms with van der Waals surface area (Å²) in [4.78, 5) is 0. The van der Waals surface area contributed by atoms with E-state index in [1.54, 1.807) is 0 Å². The highest BCUT2D eigenvalue weighted by Crippen LogP contribution is 2.33. The lowest BCUT2D eigenvalue weighted by Gasteiger charge is -2.23. The predicted octanol–water partition coefficient (Wildman–Crippen LogP) is 4.19. The second-order valence-corrected chi connectivity index (χ2v) is 8.39. The average Bonchev–Trinajstić information content (AvgIpc) is 3.17. The summed E-state index contributed by atoms with van der Waals surface area (Å²) in [7, 11) is 0.745. The third kappa shape index (κ3) is 6.03. The lowest BCUT2D eigenvalue weighted by atomic mass is 10.0. The molecular formula is C19H27O5PS. The Morgan fingerprint density at radius 1 is 1.27 bits per heavy atom. The number of hydrogen-bond donors (Lipinski definition) is 1. The molecule has 1 aromatic rings. The molecule has 26 heavy (non-hydrogen) atoms. The van der Waals surface area contributed by atoms with Gasteiger partial charge in [0.15, 0.2) is 5.79 Å². The van der Waals surface area contributed by atoms with Crippen molar-refractivity contribution in [2.45, 2.75) is 69.9 Å². The molecule has 1 aromatic carbocycles. The second kappa shape index (κ2) is 9.65. The smallest absolute Gasteiger partial charge is 0.163 e. The molecule has 3 rings (SSSR count). The molecule has 0 N–H and O–H groups in total. The molecule has 0 amide bonds. The fourth-order valence-electron chi connectivity index (χ4n) is 3.45. The van der Waals surface area contributed by atoms with Crippen LogP contribution in [0.2, 0.25) is 0 Å². The van der Waals surface area contributed by atoms with Crippen molar-refractivity contribution in [3.63, 3.8) is 0 Å². The summed E-state index contributed by atoms with van der Waals surface area (Å²) in [6.45, 7) is 5.08. The van der Waals surface area contributed by atoms with Crippen LogP contribution in [-0.4, -0.2) is 42.6 Å². The zero-order valence-electron chi connectivity index (χ0n) is 15.2. The first-order chi connectivity index (χ1) is 12.6. The standard InChI is InChI=1S/C19H27O5PS/c1-19(2)21-13-16(23-19)11-18-17(10-15(22-18)8-9-25-24-26)20-12-14-6-4-3-5-7-14/h3-7,9,15-18,26H,8,10-13H2,1-2H3/t15-,16+,17+,18+/m0/s1. The quantitative estimate of drug-likeness (QED) is 0.404. The topological polar surface area (TPSA) is 46.2 Å². The fraction of sp³-hybridized carbons (Fsp3) is 0.632. The van der Waals surface area contributed by atoms with Crippen molar-refractivity contribution in [2.75, 3.05) is 6.61 Å². The summed E-state index contributed by atoms with van der Waals surface area (Å²) in [5.74, 6) is 1.51. The molecule has 0 spiro atoms. The highest BCUT2D eigenvalue weighted by atomic mass is 32.1. The lowest BCUT2D eigenvalue weighted by molar-refractivity contribution is -0.144. The van der Waals surface area contributed by atoms with Gasteiger partial charge >= 0.3 is 0 Å². The molecule has 2 fully saturated rings. The van der Waals surface area contributed by atoms with E-state index in [9.17, 15) is 0 Å². The van der Waals surface area contributed by atoms with Crippen LogP contribution < -0.4 is 0 Å². The number of ether oxygens (including phenoxy) is 4. The minimum Gasteiger partial charge on any atom is -0.372 e. The van der Waals surface area contributed by atoms with Crippen LogP contribution in [0.4, 0.5) is 0 Å². The van der Waals surface area contributed by atoms with Gasteiger partial charge in [0.25, 0.3) is 0 Å². The van der Waals surface area contributed by atoms with Crippen molar-refractivity contribution >= 4 is 27.1 Å². The van der Waals surface area contributed by atoms with Crippen LogP contribution in [0.5, 0.6) is 0 Å². The van der Waals surface area contributed by atoms with Gasteiger partial charge in [0.05, 0.1) is 46.1 Å². The van der Waals surface area contributed by atoms with Crippen molar-refractivity contribution in [1.29, 1.82) is 0 Å². The van der Waals surface area contributed by atoms with E-state index in [1.165, 1.54) is 5.56 Å². The van der Waals surface area contributed by atoms with Crippen LogP contribution in [0.15, 0.2) is 30.3 Å². The molecule has 5 nitrogen and oxygen atoms in total. The molecule has 0 aliphatic carbocycles. The molecule has 2 aliphatic rings. The Labute approximate surface area is 162 Å². The monoisotopic (exact) mass is 398 g/mol. The first kappa shape index (κ1) is 20.3. The maximum atomic E-state index is 6.26. The SMILES string of the molecule is CC1(C)OC[C@@H](C[C@H]2O[C@@H](CC=POS)C[C@H]2OCc2ccccc2)O1. The van der Waals surface area contributed by atoms with Crippen LogP contribution in [0, 0.1) is 0 Å². The van der Waals surface area contributed by atoms with E-state index in [0.29, 0.717) is 13.2 Å². The van der Waals surface area contributed by atoms with E-state index in [1.807, 2.05) is 37.8 Å².